The highest BCUT2D eigenvalue weighted by Gasteiger charge is 2.20. The first-order chi connectivity index (χ1) is 7.63. The van der Waals surface area contributed by atoms with Gasteiger partial charge in [0.25, 0.3) is 0 Å². The second kappa shape index (κ2) is 6.83. The Morgan fingerprint density at radius 2 is 2.44 bits per heavy atom. The molecule has 0 bridgehead atoms. The Kier molecular flexibility index (Phi) is 5.73. The van der Waals surface area contributed by atoms with Crippen molar-refractivity contribution in [2.45, 2.75) is 31.4 Å². The van der Waals surface area contributed by atoms with Crippen molar-refractivity contribution in [1.82, 2.24) is 10.2 Å². The Labute approximate surface area is 96.8 Å². The number of hydrogen-bond donors (Lipinski definition) is 2. The molecule has 5 nitrogen and oxygen atoms in total. The predicted octanol–water partition coefficient (Wildman–Crippen LogP) is -0.406. The quantitative estimate of drug-likeness (QED) is 0.651. The molecule has 0 aromatic rings. The lowest BCUT2D eigenvalue weighted by atomic mass is 10.1. The van der Waals surface area contributed by atoms with Crippen LogP contribution in [-0.2, 0) is 9.53 Å². The molecule has 0 aromatic heterocycles. The van der Waals surface area contributed by atoms with Crippen molar-refractivity contribution in [3.05, 3.63) is 0 Å². The summed E-state index contributed by atoms with van der Waals surface area (Å²) in [4.78, 5) is 13.3. The van der Waals surface area contributed by atoms with Crippen LogP contribution in [0.25, 0.3) is 0 Å². The van der Waals surface area contributed by atoms with Crippen molar-refractivity contribution in [3.8, 4) is 0 Å². The van der Waals surface area contributed by atoms with Crippen molar-refractivity contribution in [1.29, 1.82) is 0 Å². The highest BCUT2D eigenvalue weighted by atomic mass is 16.5. The van der Waals surface area contributed by atoms with E-state index in [2.05, 4.69) is 5.32 Å². The number of carbonyl (C=O) groups is 1. The van der Waals surface area contributed by atoms with E-state index in [0.29, 0.717) is 19.0 Å². The van der Waals surface area contributed by atoms with Crippen molar-refractivity contribution in [3.63, 3.8) is 0 Å². The van der Waals surface area contributed by atoms with E-state index in [4.69, 9.17) is 4.74 Å². The molecule has 0 spiro atoms. The third kappa shape index (κ3) is 4.47. The summed E-state index contributed by atoms with van der Waals surface area (Å²) in [5, 5.41) is 12.8. The van der Waals surface area contributed by atoms with E-state index in [1.165, 1.54) is 7.11 Å². The average molecular weight is 230 g/mol. The van der Waals surface area contributed by atoms with E-state index in [1.807, 2.05) is 0 Å². The Balaban J connectivity index is 2.23. The van der Waals surface area contributed by atoms with Gasteiger partial charge in [-0.3, -0.25) is 4.79 Å². The number of amides is 1. The van der Waals surface area contributed by atoms with Crippen LogP contribution >= 0.6 is 0 Å². The van der Waals surface area contributed by atoms with E-state index in [-0.39, 0.29) is 12.5 Å². The number of aliphatic hydroxyl groups excluding tert-OH is 1. The maximum atomic E-state index is 11.8. The Morgan fingerprint density at radius 1 is 1.69 bits per heavy atom. The monoisotopic (exact) mass is 230 g/mol. The number of nitrogens with one attached hydrogen (secondary N) is 1. The molecular formula is C11H22N2O3. The van der Waals surface area contributed by atoms with Gasteiger partial charge in [-0.05, 0) is 19.4 Å². The molecule has 1 rings (SSSR count). The standard InChI is InChI=1S/C11H22N2O3/c1-13(7-10(14)8-16-2)11(15)6-9-4-3-5-12-9/h9-10,12,14H,3-8H2,1-2H3. The van der Waals surface area contributed by atoms with E-state index in [9.17, 15) is 9.90 Å². The fourth-order valence-electron chi connectivity index (χ4n) is 1.96. The molecule has 0 saturated carbocycles. The van der Waals surface area contributed by atoms with Gasteiger partial charge in [-0.2, -0.15) is 0 Å². The number of aliphatic hydroxyl groups is 1. The molecule has 1 saturated heterocycles. The molecule has 1 amide bonds. The highest BCUT2D eigenvalue weighted by molar-refractivity contribution is 5.76. The molecule has 0 radical (unpaired) electrons. The summed E-state index contributed by atoms with van der Waals surface area (Å²) in [5.74, 6) is 0.0783. The second-order valence-electron chi connectivity index (χ2n) is 4.38. The van der Waals surface area contributed by atoms with Gasteiger partial charge in [-0.15, -0.1) is 0 Å². The Morgan fingerprint density at radius 3 is 3.00 bits per heavy atom. The number of likely N-dealkylation sites (N-methyl/N-ethyl adjacent to an activating group) is 1. The first-order valence-corrected chi connectivity index (χ1v) is 5.78. The topological polar surface area (TPSA) is 61.8 Å². The molecule has 0 aliphatic carbocycles. The third-order valence-corrected chi connectivity index (χ3v) is 2.85. The summed E-state index contributed by atoms with van der Waals surface area (Å²) < 4.78 is 4.82. The molecule has 94 valence electrons. The lowest BCUT2D eigenvalue weighted by molar-refractivity contribution is -0.132. The number of rotatable bonds is 6. The zero-order chi connectivity index (χ0) is 12.0. The smallest absolute Gasteiger partial charge is 0.223 e. The van der Waals surface area contributed by atoms with Crippen LogP contribution in [-0.4, -0.2) is 61.9 Å². The molecule has 5 heteroatoms. The van der Waals surface area contributed by atoms with Gasteiger partial charge in [-0.25, -0.2) is 0 Å². The fourth-order valence-corrected chi connectivity index (χ4v) is 1.96. The first-order valence-electron chi connectivity index (χ1n) is 5.78. The summed E-state index contributed by atoms with van der Waals surface area (Å²) in [5.41, 5.74) is 0. The van der Waals surface area contributed by atoms with E-state index < -0.39 is 6.10 Å². The minimum absolute atomic E-state index is 0.0783. The number of methoxy groups -OCH3 is 1. The van der Waals surface area contributed by atoms with Gasteiger partial charge < -0.3 is 20.1 Å². The molecule has 2 N–H and O–H groups in total. The molecule has 2 unspecified atom stereocenters. The normalized spacial score (nSPS) is 22.1. The third-order valence-electron chi connectivity index (χ3n) is 2.85. The molecule has 1 fully saturated rings. The van der Waals surface area contributed by atoms with Crippen LogP contribution < -0.4 is 5.32 Å². The van der Waals surface area contributed by atoms with Gasteiger partial charge >= 0.3 is 0 Å². The lowest BCUT2D eigenvalue weighted by Gasteiger charge is -2.22. The summed E-state index contributed by atoms with van der Waals surface area (Å²) in [6.07, 6.45) is 2.14. The molecule has 1 heterocycles. The number of nitrogens with zero attached hydrogens (tertiary/aromatic N) is 1. The first kappa shape index (κ1) is 13.4. The zero-order valence-electron chi connectivity index (χ0n) is 10.1. The Hall–Kier alpha value is -0.650. The largest absolute Gasteiger partial charge is 0.389 e. The van der Waals surface area contributed by atoms with Gasteiger partial charge in [0.05, 0.1) is 12.7 Å². The predicted molar refractivity (Wildman–Crippen MR) is 61.2 cm³/mol. The van der Waals surface area contributed by atoms with Crippen molar-refractivity contribution >= 4 is 5.91 Å². The van der Waals surface area contributed by atoms with Crippen molar-refractivity contribution in [2.75, 3.05) is 33.9 Å². The van der Waals surface area contributed by atoms with Gasteiger partial charge in [0.2, 0.25) is 5.91 Å². The van der Waals surface area contributed by atoms with E-state index in [0.717, 1.165) is 19.4 Å². The number of ether oxygens (including phenoxy) is 1. The lowest BCUT2D eigenvalue weighted by Crippen LogP contribution is -2.39. The van der Waals surface area contributed by atoms with Crippen LogP contribution in [0, 0.1) is 0 Å². The molecule has 1 aliphatic heterocycles. The maximum Gasteiger partial charge on any atom is 0.223 e. The van der Waals surface area contributed by atoms with Gasteiger partial charge in [0, 0.05) is 33.2 Å². The van der Waals surface area contributed by atoms with E-state index >= 15 is 0 Å². The highest BCUT2D eigenvalue weighted by Crippen LogP contribution is 2.10. The van der Waals surface area contributed by atoms with Crippen LogP contribution in [0.2, 0.25) is 0 Å². The maximum absolute atomic E-state index is 11.8. The van der Waals surface area contributed by atoms with Crippen LogP contribution in [0.15, 0.2) is 0 Å². The van der Waals surface area contributed by atoms with Crippen LogP contribution in [0.1, 0.15) is 19.3 Å². The summed E-state index contributed by atoms with van der Waals surface area (Å²) in [7, 11) is 3.25. The summed E-state index contributed by atoms with van der Waals surface area (Å²) >= 11 is 0. The number of hydrogen-bond acceptors (Lipinski definition) is 4. The molecule has 16 heavy (non-hydrogen) atoms. The van der Waals surface area contributed by atoms with Crippen LogP contribution in [0.4, 0.5) is 0 Å². The fraction of sp³-hybridized carbons (Fsp3) is 0.909. The molecule has 2 atom stereocenters. The van der Waals surface area contributed by atoms with Gasteiger partial charge in [-0.1, -0.05) is 0 Å². The van der Waals surface area contributed by atoms with Gasteiger partial charge in [0.1, 0.15) is 0 Å². The van der Waals surface area contributed by atoms with E-state index in [1.54, 1.807) is 11.9 Å². The van der Waals surface area contributed by atoms with Crippen LogP contribution in [0.5, 0.6) is 0 Å². The SMILES string of the molecule is COCC(O)CN(C)C(=O)CC1CCCN1. The van der Waals surface area contributed by atoms with Crippen molar-refractivity contribution < 1.29 is 14.6 Å². The molecule has 1 aliphatic rings. The minimum Gasteiger partial charge on any atom is -0.389 e. The average Bonchev–Trinajstić information content (AvgIpc) is 2.70. The number of carbonyl (C=O) groups excluding carboxylic acids is 1. The molecular weight excluding hydrogens is 208 g/mol. The van der Waals surface area contributed by atoms with Crippen molar-refractivity contribution in [2.24, 2.45) is 0 Å². The zero-order valence-corrected chi connectivity index (χ0v) is 10.1. The minimum atomic E-state index is -0.601. The summed E-state index contributed by atoms with van der Waals surface area (Å²) in [6.45, 7) is 1.60. The summed E-state index contributed by atoms with van der Waals surface area (Å²) in [6, 6.07) is 0.314. The molecule has 0 aromatic carbocycles. The van der Waals surface area contributed by atoms with Gasteiger partial charge in [0.15, 0.2) is 0 Å². The second-order valence-corrected chi connectivity index (χ2v) is 4.38. The van der Waals surface area contributed by atoms with Crippen LogP contribution in [0.3, 0.4) is 0 Å². The Bertz CT molecular complexity index is 217.